The number of ether oxygens (including phenoxy) is 1. The summed E-state index contributed by atoms with van der Waals surface area (Å²) in [7, 11) is 0. The Morgan fingerprint density at radius 3 is 2.43 bits per heavy atom. The van der Waals surface area contributed by atoms with Crippen LogP contribution in [0, 0.1) is 0 Å². The Morgan fingerprint density at radius 1 is 1.14 bits per heavy atom. The smallest absolute Gasteiger partial charge is 0.119 e. The van der Waals surface area contributed by atoms with Crippen LogP contribution in [0.15, 0.2) is 24.3 Å². The van der Waals surface area contributed by atoms with Crippen LogP contribution in [0.2, 0.25) is 0 Å². The zero-order valence-electron chi connectivity index (χ0n) is 8.63. The molecule has 1 nitrogen and oxygen atoms in total. The van der Waals surface area contributed by atoms with E-state index in [1.54, 1.807) is 12.1 Å². The fraction of sp³-hybridized carbons (Fsp3) is 0.500. The molecular weight excluding hydrogens is 179 g/mol. The fourth-order valence-electron chi connectivity index (χ4n) is 1.22. The third kappa shape index (κ3) is 3.77. The quantitative estimate of drug-likeness (QED) is 0.630. The molecule has 1 aromatic carbocycles. The molecule has 0 saturated carbocycles. The molecule has 14 heavy (non-hydrogen) atoms. The van der Waals surface area contributed by atoms with Gasteiger partial charge in [-0.05, 0) is 24.1 Å². The summed E-state index contributed by atoms with van der Waals surface area (Å²) in [4.78, 5) is 0. The zero-order chi connectivity index (χ0) is 10.2. The van der Waals surface area contributed by atoms with E-state index in [1.807, 2.05) is 12.1 Å². The maximum atomic E-state index is 12.2. The van der Waals surface area contributed by atoms with Gasteiger partial charge in [-0.2, -0.15) is 0 Å². The molecule has 0 spiro atoms. The molecule has 0 atom stereocenters. The highest BCUT2D eigenvalue weighted by atomic mass is 19.1. The Bertz CT molecular complexity index is 243. The molecule has 1 aromatic rings. The molecule has 2 heteroatoms. The normalized spacial score (nSPS) is 10.1. The second-order valence-electron chi connectivity index (χ2n) is 3.33. The number of benzene rings is 1. The summed E-state index contributed by atoms with van der Waals surface area (Å²) in [6, 6.07) is 7.16. The standard InChI is InChI=1S/C12H17FO/c1-2-3-4-9-14-12-7-5-11(10-13)6-8-12/h5-8H,2-4,9-10H2,1H3. The average molecular weight is 196 g/mol. The molecule has 0 heterocycles. The van der Waals surface area contributed by atoms with Crippen LogP contribution in [0.3, 0.4) is 0 Å². The van der Waals surface area contributed by atoms with Gasteiger partial charge >= 0.3 is 0 Å². The number of alkyl halides is 1. The van der Waals surface area contributed by atoms with Crippen molar-refractivity contribution in [1.82, 2.24) is 0 Å². The van der Waals surface area contributed by atoms with Crippen LogP contribution in [0.25, 0.3) is 0 Å². The first-order valence-corrected chi connectivity index (χ1v) is 5.14. The van der Waals surface area contributed by atoms with E-state index in [9.17, 15) is 4.39 Å². The van der Waals surface area contributed by atoms with E-state index in [-0.39, 0.29) is 0 Å². The first-order valence-electron chi connectivity index (χ1n) is 5.14. The summed E-state index contributed by atoms with van der Waals surface area (Å²) in [6.45, 7) is 2.51. The van der Waals surface area contributed by atoms with Crippen LogP contribution in [0.5, 0.6) is 5.75 Å². The molecule has 0 aromatic heterocycles. The van der Waals surface area contributed by atoms with Crippen molar-refractivity contribution in [2.75, 3.05) is 6.61 Å². The van der Waals surface area contributed by atoms with Crippen molar-refractivity contribution in [2.24, 2.45) is 0 Å². The molecule has 0 fully saturated rings. The van der Waals surface area contributed by atoms with Crippen molar-refractivity contribution in [2.45, 2.75) is 32.9 Å². The number of rotatable bonds is 6. The topological polar surface area (TPSA) is 9.23 Å². The second-order valence-corrected chi connectivity index (χ2v) is 3.33. The van der Waals surface area contributed by atoms with Gasteiger partial charge in [0.2, 0.25) is 0 Å². The Morgan fingerprint density at radius 2 is 1.86 bits per heavy atom. The van der Waals surface area contributed by atoms with E-state index in [4.69, 9.17) is 4.74 Å². The molecule has 0 aliphatic rings. The molecule has 1 rings (SSSR count). The van der Waals surface area contributed by atoms with Crippen molar-refractivity contribution in [3.8, 4) is 5.75 Å². The van der Waals surface area contributed by atoms with Gasteiger partial charge in [0, 0.05) is 0 Å². The lowest BCUT2D eigenvalue weighted by molar-refractivity contribution is 0.306. The van der Waals surface area contributed by atoms with Gasteiger partial charge in [0.15, 0.2) is 0 Å². The fourth-order valence-corrected chi connectivity index (χ4v) is 1.22. The minimum absolute atomic E-state index is 0.407. The molecule has 78 valence electrons. The Kier molecular flexibility index (Phi) is 5.05. The van der Waals surface area contributed by atoms with E-state index < -0.39 is 6.67 Å². The summed E-state index contributed by atoms with van der Waals surface area (Å²) in [5, 5.41) is 0. The lowest BCUT2D eigenvalue weighted by Crippen LogP contribution is -1.96. The molecule has 0 N–H and O–H groups in total. The van der Waals surface area contributed by atoms with Crippen LogP contribution in [-0.2, 0) is 6.67 Å². The maximum absolute atomic E-state index is 12.2. The van der Waals surface area contributed by atoms with Gasteiger partial charge in [-0.15, -0.1) is 0 Å². The van der Waals surface area contributed by atoms with Crippen LogP contribution >= 0.6 is 0 Å². The molecule has 0 aliphatic carbocycles. The lowest BCUT2D eigenvalue weighted by atomic mass is 10.2. The molecule has 0 amide bonds. The van der Waals surface area contributed by atoms with Gasteiger partial charge in [-0.3, -0.25) is 0 Å². The molecule has 0 saturated heterocycles. The van der Waals surface area contributed by atoms with Gasteiger partial charge in [-0.25, -0.2) is 4.39 Å². The predicted molar refractivity (Wildman–Crippen MR) is 56.3 cm³/mol. The van der Waals surface area contributed by atoms with Crippen LogP contribution in [0.4, 0.5) is 4.39 Å². The van der Waals surface area contributed by atoms with Crippen LogP contribution < -0.4 is 4.74 Å². The van der Waals surface area contributed by atoms with E-state index in [2.05, 4.69) is 6.92 Å². The van der Waals surface area contributed by atoms with E-state index in [1.165, 1.54) is 12.8 Å². The van der Waals surface area contributed by atoms with Crippen molar-refractivity contribution in [3.63, 3.8) is 0 Å². The SMILES string of the molecule is CCCCCOc1ccc(CF)cc1. The largest absolute Gasteiger partial charge is 0.494 e. The lowest BCUT2D eigenvalue weighted by Gasteiger charge is -2.05. The van der Waals surface area contributed by atoms with Gasteiger partial charge < -0.3 is 4.74 Å². The minimum Gasteiger partial charge on any atom is -0.494 e. The van der Waals surface area contributed by atoms with Crippen molar-refractivity contribution >= 4 is 0 Å². The van der Waals surface area contributed by atoms with Gasteiger partial charge in [0.25, 0.3) is 0 Å². The first kappa shape index (κ1) is 11.0. The Labute approximate surface area is 84.9 Å². The summed E-state index contributed by atoms with van der Waals surface area (Å²) in [5.74, 6) is 0.832. The molecule has 0 unspecified atom stereocenters. The van der Waals surface area contributed by atoms with Crippen molar-refractivity contribution < 1.29 is 9.13 Å². The highest BCUT2D eigenvalue weighted by molar-refractivity contribution is 5.26. The van der Waals surface area contributed by atoms with Crippen LogP contribution in [0.1, 0.15) is 31.7 Å². The monoisotopic (exact) mass is 196 g/mol. The summed E-state index contributed by atoms with van der Waals surface area (Å²) >= 11 is 0. The number of unbranched alkanes of at least 4 members (excludes halogenated alkanes) is 2. The average Bonchev–Trinajstić information content (AvgIpc) is 2.25. The number of hydrogen-bond donors (Lipinski definition) is 0. The molecular formula is C12H17FO. The van der Waals surface area contributed by atoms with Crippen molar-refractivity contribution in [3.05, 3.63) is 29.8 Å². The van der Waals surface area contributed by atoms with Gasteiger partial charge in [-0.1, -0.05) is 31.9 Å². The van der Waals surface area contributed by atoms with Crippen molar-refractivity contribution in [1.29, 1.82) is 0 Å². The van der Waals surface area contributed by atoms with E-state index in [0.29, 0.717) is 5.56 Å². The summed E-state index contributed by atoms with van der Waals surface area (Å²) < 4.78 is 17.7. The number of halogens is 1. The predicted octanol–water partition coefficient (Wildman–Crippen LogP) is 3.73. The highest BCUT2D eigenvalue weighted by Gasteiger charge is 1.94. The second kappa shape index (κ2) is 6.41. The Balaban J connectivity index is 2.29. The van der Waals surface area contributed by atoms with Crippen LogP contribution in [-0.4, -0.2) is 6.61 Å². The third-order valence-corrected chi connectivity index (χ3v) is 2.09. The van der Waals surface area contributed by atoms with Gasteiger partial charge in [0.05, 0.1) is 6.61 Å². The minimum atomic E-state index is -0.407. The highest BCUT2D eigenvalue weighted by Crippen LogP contribution is 2.13. The Hall–Kier alpha value is -1.05. The summed E-state index contributed by atoms with van der Waals surface area (Å²) in [6.07, 6.45) is 3.48. The van der Waals surface area contributed by atoms with E-state index >= 15 is 0 Å². The summed E-state index contributed by atoms with van der Waals surface area (Å²) in [5.41, 5.74) is 0.700. The van der Waals surface area contributed by atoms with E-state index in [0.717, 1.165) is 18.8 Å². The maximum Gasteiger partial charge on any atom is 0.119 e. The zero-order valence-corrected chi connectivity index (χ0v) is 8.63. The third-order valence-electron chi connectivity index (χ3n) is 2.09. The molecule has 0 radical (unpaired) electrons. The first-order chi connectivity index (χ1) is 6.86. The molecule has 0 aliphatic heterocycles. The number of hydrogen-bond acceptors (Lipinski definition) is 1. The molecule has 0 bridgehead atoms. The van der Waals surface area contributed by atoms with Gasteiger partial charge in [0.1, 0.15) is 12.4 Å².